The van der Waals surface area contributed by atoms with Gasteiger partial charge in [-0.1, -0.05) is 61.4 Å². The van der Waals surface area contributed by atoms with Gasteiger partial charge in [0.25, 0.3) is 0 Å². The van der Waals surface area contributed by atoms with E-state index in [1.807, 2.05) is 24.3 Å². The minimum atomic E-state index is -0.856. The van der Waals surface area contributed by atoms with Crippen molar-refractivity contribution in [3.8, 4) is 11.1 Å². The van der Waals surface area contributed by atoms with Crippen LogP contribution < -0.4 is 10.6 Å². The summed E-state index contributed by atoms with van der Waals surface area (Å²) in [6, 6.07) is 15.2. The van der Waals surface area contributed by atoms with Crippen LogP contribution >= 0.6 is 0 Å². The lowest BCUT2D eigenvalue weighted by molar-refractivity contribution is -0.139. The molecule has 7 heteroatoms. The Hall–Kier alpha value is -3.35. The van der Waals surface area contributed by atoms with Gasteiger partial charge in [-0.3, -0.25) is 9.59 Å². The zero-order chi connectivity index (χ0) is 23.4. The van der Waals surface area contributed by atoms with Gasteiger partial charge >= 0.3 is 12.1 Å². The first-order chi connectivity index (χ1) is 15.9. The fraction of sp³-hybridized carbons (Fsp3) is 0.423. The summed E-state index contributed by atoms with van der Waals surface area (Å²) in [5.41, 5.74) is 4.55. The second-order valence-electron chi connectivity index (χ2n) is 8.95. The van der Waals surface area contributed by atoms with Crippen molar-refractivity contribution in [2.24, 2.45) is 5.92 Å². The van der Waals surface area contributed by atoms with E-state index in [9.17, 15) is 14.4 Å². The number of alkyl carbamates (subject to hydrolysis) is 1. The standard InChI is InChI=1S/C26H30N2O5/c1-16(25(31)28-23-13-7-2-8-17(23)14-24(29)30)27-26(32)33-15-22-20-11-5-3-9-18(20)19-10-4-6-12-21(19)22/h3-6,9-12,16-17,22-23H,2,7-8,13-15H2,1H3,(H,27,32)(H,28,31)(H,29,30)/t16-,17+,23+/m1/s1. The number of aliphatic carboxylic acids is 1. The summed E-state index contributed by atoms with van der Waals surface area (Å²) in [6.07, 6.45) is 2.85. The molecular weight excluding hydrogens is 420 g/mol. The summed E-state index contributed by atoms with van der Waals surface area (Å²) in [6.45, 7) is 1.78. The highest BCUT2D eigenvalue weighted by atomic mass is 16.5. The highest BCUT2D eigenvalue weighted by molar-refractivity contribution is 5.85. The molecule has 0 spiro atoms. The maximum Gasteiger partial charge on any atom is 0.407 e. The van der Waals surface area contributed by atoms with E-state index in [2.05, 4.69) is 34.9 Å². The zero-order valence-electron chi connectivity index (χ0n) is 18.8. The van der Waals surface area contributed by atoms with Crippen molar-refractivity contribution in [2.75, 3.05) is 6.61 Å². The van der Waals surface area contributed by atoms with Gasteiger partial charge in [0, 0.05) is 12.0 Å². The number of ether oxygens (including phenoxy) is 1. The van der Waals surface area contributed by atoms with Crippen LogP contribution in [0.3, 0.4) is 0 Å². The molecule has 1 saturated carbocycles. The molecule has 3 N–H and O–H groups in total. The van der Waals surface area contributed by atoms with E-state index in [0.29, 0.717) is 0 Å². The average Bonchev–Trinajstić information content (AvgIpc) is 3.12. The second kappa shape index (κ2) is 10.1. The lowest BCUT2D eigenvalue weighted by Gasteiger charge is -2.32. The van der Waals surface area contributed by atoms with Crippen LogP contribution in [0.15, 0.2) is 48.5 Å². The summed E-state index contributed by atoms with van der Waals surface area (Å²) in [5.74, 6) is -1.31. The van der Waals surface area contributed by atoms with Crippen molar-refractivity contribution < 1.29 is 24.2 Å². The number of carboxylic acids is 1. The Balaban J connectivity index is 1.32. The zero-order valence-corrected chi connectivity index (χ0v) is 18.8. The number of carboxylic acid groups (broad SMARTS) is 1. The van der Waals surface area contributed by atoms with Crippen LogP contribution in [-0.2, 0) is 14.3 Å². The van der Waals surface area contributed by atoms with E-state index in [4.69, 9.17) is 9.84 Å². The van der Waals surface area contributed by atoms with Crippen LogP contribution in [0.25, 0.3) is 11.1 Å². The number of rotatable bonds is 7. The average molecular weight is 451 g/mol. The fourth-order valence-electron chi connectivity index (χ4n) is 5.06. The number of amides is 2. The van der Waals surface area contributed by atoms with Crippen molar-refractivity contribution in [2.45, 2.75) is 57.0 Å². The maximum atomic E-state index is 12.6. The smallest absolute Gasteiger partial charge is 0.407 e. The van der Waals surface area contributed by atoms with E-state index in [-0.39, 0.29) is 36.8 Å². The van der Waals surface area contributed by atoms with Gasteiger partial charge < -0.3 is 20.5 Å². The van der Waals surface area contributed by atoms with Crippen LogP contribution in [0.1, 0.15) is 56.1 Å². The van der Waals surface area contributed by atoms with E-state index in [1.54, 1.807) is 6.92 Å². The second-order valence-corrected chi connectivity index (χ2v) is 8.95. The quantitative estimate of drug-likeness (QED) is 0.590. The van der Waals surface area contributed by atoms with E-state index >= 15 is 0 Å². The molecule has 0 aliphatic heterocycles. The molecule has 2 aliphatic rings. The highest BCUT2D eigenvalue weighted by Crippen LogP contribution is 2.44. The van der Waals surface area contributed by atoms with Gasteiger partial charge in [-0.25, -0.2) is 4.79 Å². The summed E-state index contributed by atoms with van der Waals surface area (Å²) < 4.78 is 5.52. The fourth-order valence-corrected chi connectivity index (χ4v) is 5.06. The molecule has 33 heavy (non-hydrogen) atoms. The minimum absolute atomic E-state index is 0.0408. The van der Waals surface area contributed by atoms with Crippen LogP contribution in [0.5, 0.6) is 0 Å². The van der Waals surface area contributed by atoms with Crippen molar-refractivity contribution in [1.82, 2.24) is 10.6 Å². The third-order valence-corrected chi connectivity index (χ3v) is 6.74. The van der Waals surface area contributed by atoms with Crippen LogP contribution in [0, 0.1) is 5.92 Å². The summed E-state index contributed by atoms with van der Waals surface area (Å²) >= 11 is 0. The predicted octanol–water partition coefficient (Wildman–Crippen LogP) is 4.06. The first kappa shape index (κ1) is 22.8. The van der Waals surface area contributed by atoms with Gasteiger partial charge in [-0.2, -0.15) is 0 Å². The van der Waals surface area contributed by atoms with E-state index < -0.39 is 18.1 Å². The van der Waals surface area contributed by atoms with Gasteiger partial charge in [0.1, 0.15) is 12.6 Å². The Morgan fingerprint density at radius 1 is 1.00 bits per heavy atom. The molecule has 2 aliphatic carbocycles. The summed E-state index contributed by atoms with van der Waals surface area (Å²) in [5, 5.41) is 14.7. The molecule has 0 bridgehead atoms. The largest absolute Gasteiger partial charge is 0.481 e. The SMILES string of the molecule is C[C@@H](NC(=O)OCC1c2ccccc2-c2ccccc21)C(=O)N[C@H]1CCCC[C@H]1CC(=O)O. The number of carbonyl (C=O) groups excluding carboxylic acids is 2. The molecule has 1 fully saturated rings. The minimum Gasteiger partial charge on any atom is -0.481 e. The van der Waals surface area contributed by atoms with Gasteiger partial charge in [0.15, 0.2) is 0 Å². The molecule has 0 heterocycles. The Morgan fingerprint density at radius 3 is 2.24 bits per heavy atom. The summed E-state index contributed by atoms with van der Waals surface area (Å²) in [7, 11) is 0. The van der Waals surface area contributed by atoms with Crippen molar-refractivity contribution in [1.29, 1.82) is 0 Å². The van der Waals surface area contributed by atoms with Crippen LogP contribution in [0.4, 0.5) is 4.79 Å². The van der Waals surface area contributed by atoms with Crippen molar-refractivity contribution in [3.05, 3.63) is 59.7 Å². The predicted molar refractivity (Wildman–Crippen MR) is 124 cm³/mol. The number of hydrogen-bond acceptors (Lipinski definition) is 4. The van der Waals surface area contributed by atoms with Crippen LogP contribution in [-0.4, -0.2) is 41.8 Å². The molecule has 4 rings (SSSR count). The van der Waals surface area contributed by atoms with Gasteiger partial charge in [0.2, 0.25) is 5.91 Å². The number of hydrogen-bond donors (Lipinski definition) is 3. The molecule has 7 nitrogen and oxygen atoms in total. The molecule has 2 amide bonds. The van der Waals surface area contributed by atoms with Gasteiger partial charge in [0.05, 0.1) is 6.42 Å². The molecule has 2 aromatic rings. The number of carbonyl (C=O) groups is 3. The third-order valence-electron chi connectivity index (χ3n) is 6.74. The van der Waals surface area contributed by atoms with E-state index in [0.717, 1.165) is 47.9 Å². The Labute approximate surface area is 193 Å². The first-order valence-electron chi connectivity index (χ1n) is 11.6. The Kier molecular flexibility index (Phi) is 6.96. The maximum absolute atomic E-state index is 12.6. The van der Waals surface area contributed by atoms with Crippen molar-refractivity contribution in [3.63, 3.8) is 0 Å². The molecular formula is C26H30N2O5. The Bertz CT molecular complexity index is 991. The normalized spacial score (nSPS) is 20.3. The highest BCUT2D eigenvalue weighted by Gasteiger charge is 2.31. The molecule has 174 valence electrons. The molecule has 0 saturated heterocycles. The van der Waals surface area contributed by atoms with Crippen molar-refractivity contribution >= 4 is 18.0 Å². The summed E-state index contributed by atoms with van der Waals surface area (Å²) in [4.78, 5) is 36.2. The van der Waals surface area contributed by atoms with Gasteiger partial charge in [-0.05, 0) is 47.9 Å². The molecule has 0 radical (unpaired) electrons. The molecule has 3 atom stereocenters. The Morgan fingerprint density at radius 2 is 1.61 bits per heavy atom. The van der Waals surface area contributed by atoms with E-state index in [1.165, 1.54) is 0 Å². The van der Waals surface area contributed by atoms with Gasteiger partial charge in [-0.15, -0.1) is 0 Å². The topological polar surface area (TPSA) is 105 Å². The van der Waals surface area contributed by atoms with Crippen LogP contribution in [0.2, 0.25) is 0 Å². The number of benzene rings is 2. The monoisotopic (exact) mass is 450 g/mol. The molecule has 0 aromatic heterocycles. The lowest BCUT2D eigenvalue weighted by Crippen LogP contribution is -2.51. The number of nitrogens with one attached hydrogen (secondary N) is 2. The lowest BCUT2D eigenvalue weighted by atomic mass is 9.82. The first-order valence-corrected chi connectivity index (χ1v) is 11.6. The molecule has 0 unspecified atom stereocenters. The molecule has 2 aromatic carbocycles. The third kappa shape index (κ3) is 5.18. The number of fused-ring (bicyclic) bond motifs is 3.